The maximum Gasteiger partial charge on any atom is 0.126 e. The van der Waals surface area contributed by atoms with E-state index in [1.54, 1.807) is 6.20 Å². The fourth-order valence-corrected chi connectivity index (χ4v) is 2.77. The summed E-state index contributed by atoms with van der Waals surface area (Å²) in [5, 5.41) is 15.7. The van der Waals surface area contributed by atoms with E-state index in [1.807, 2.05) is 6.07 Å². The summed E-state index contributed by atoms with van der Waals surface area (Å²) in [5.41, 5.74) is 9.12. The minimum absolute atomic E-state index is 0.231. The number of H-pyrrole nitrogens is 1. The number of rotatable bonds is 4. The van der Waals surface area contributed by atoms with E-state index in [4.69, 9.17) is 10.8 Å². The number of benzene rings is 1. The molecule has 0 unspecified atom stereocenters. The molecule has 0 aliphatic carbocycles. The lowest BCUT2D eigenvalue weighted by Crippen LogP contribution is -2.47. The number of β-amino-alcohol motifs (C(OH)–C–C–N with tert-alkyl or cyclic N) is 1. The molecule has 112 valence electrons. The second kappa shape index (κ2) is 6.15. The lowest BCUT2D eigenvalue weighted by molar-refractivity contribution is 0.189. The SMILES string of the molecule is Nc1[nH]ncc1-c1cccc(N2CCN(CCO)CC2)c1. The van der Waals surface area contributed by atoms with Crippen molar-refractivity contribution in [3.63, 3.8) is 0 Å². The number of aliphatic hydroxyl groups is 1. The molecule has 6 nitrogen and oxygen atoms in total. The Labute approximate surface area is 124 Å². The summed E-state index contributed by atoms with van der Waals surface area (Å²) in [6, 6.07) is 8.38. The van der Waals surface area contributed by atoms with Crippen LogP contribution in [0.2, 0.25) is 0 Å². The van der Waals surface area contributed by atoms with Gasteiger partial charge in [-0.1, -0.05) is 12.1 Å². The lowest BCUT2D eigenvalue weighted by atomic mass is 10.1. The van der Waals surface area contributed by atoms with Gasteiger partial charge in [-0.2, -0.15) is 5.10 Å². The molecule has 6 heteroatoms. The fourth-order valence-electron chi connectivity index (χ4n) is 2.77. The third-order valence-electron chi connectivity index (χ3n) is 3.98. The van der Waals surface area contributed by atoms with Crippen molar-refractivity contribution in [1.82, 2.24) is 15.1 Å². The molecule has 0 saturated carbocycles. The molecule has 0 spiro atoms. The zero-order chi connectivity index (χ0) is 14.7. The van der Waals surface area contributed by atoms with Crippen LogP contribution < -0.4 is 10.6 Å². The van der Waals surface area contributed by atoms with Crippen LogP contribution in [-0.2, 0) is 0 Å². The van der Waals surface area contributed by atoms with Gasteiger partial charge in [-0.3, -0.25) is 10.00 Å². The molecular weight excluding hydrogens is 266 g/mol. The van der Waals surface area contributed by atoms with Crippen molar-refractivity contribution >= 4 is 11.5 Å². The number of aliphatic hydroxyl groups excluding tert-OH is 1. The van der Waals surface area contributed by atoms with Gasteiger partial charge in [-0.25, -0.2) is 0 Å². The van der Waals surface area contributed by atoms with E-state index < -0.39 is 0 Å². The zero-order valence-electron chi connectivity index (χ0n) is 12.0. The topological polar surface area (TPSA) is 81.4 Å². The summed E-state index contributed by atoms with van der Waals surface area (Å²) in [6.07, 6.45) is 1.76. The van der Waals surface area contributed by atoms with Crippen LogP contribution in [0.1, 0.15) is 0 Å². The molecule has 2 aromatic rings. The van der Waals surface area contributed by atoms with Crippen LogP contribution in [0, 0.1) is 0 Å². The molecule has 1 aliphatic heterocycles. The molecule has 1 aromatic heterocycles. The van der Waals surface area contributed by atoms with Gasteiger partial charge in [0.1, 0.15) is 5.82 Å². The van der Waals surface area contributed by atoms with Gasteiger partial charge in [0, 0.05) is 44.0 Å². The van der Waals surface area contributed by atoms with Crippen LogP contribution in [0.4, 0.5) is 11.5 Å². The predicted molar refractivity (Wildman–Crippen MR) is 84.2 cm³/mol. The first-order valence-electron chi connectivity index (χ1n) is 7.25. The van der Waals surface area contributed by atoms with Crippen molar-refractivity contribution in [1.29, 1.82) is 0 Å². The van der Waals surface area contributed by atoms with Crippen molar-refractivity contribution in [2.45, 2.75) is 0 Å². The average molecular weight is 287 g/mol. The summed E-state index contributed by atoms with van der Waals surface area (Å²) < 4.78 is 0. The van der Waals surface area contributed by atoms with Gasteiger partial charge in [-0.15, -0.1) is 0 Å². The van der Waals surface area contributed by atoms with Gasteiger partial charge in [0.15, 0.2) is 0 Å². The molecule has 1 fully saturated rings. The van der Waals surface area contributed by atoms with Crippen LogP contribution in [0.25, 0.3) is 11.1 Å². The van der Waals surface area contributed by atoms with Gasteiger partial charge < -0.3 is 15.7 Å². The molecule has 0 bridgehead atoms. The fraction of sp³-hybridized carbons (Fsp3) is 0.400. The van der Waals surface area contributed by atoms with Gasteiger partial charge in [0.25, 0.3) is 0 Å². The maximum absolute atomic E-state index is 8.99. The van der Waals surface area contributed by atoms with E-state index >= 15 is 0 Å². The van der Waals surface area contributed by atoms with Crippen LogP contribution in [0.5, 0.6) is 0 Å². The molecule has 1 saturated heterocycles. The molecule has 2 heterocycles. The van der Waals surface area contributed by atoms with Crippen molar-refractivity contribution in [2.75, 3.05) is 50.0 Å². The third kappa shape index (κ3) is 3.01. The van der Waals surface area contributed by atoms with Crippen LogP contribution in [0.15, 0.2) is 30.5 Å². The molecule has 1 aliphatic rings. The molecule has 0 radical (unpaired) electrons. The normalized spacial score (nSPS) is 16.3. The molecule has 21 heavy (non-hydrogen) atoms. The monoisotopic (exact) mass is 287 g/mol. The second-order valence-electron chi connectivity index (χ2n) is 5.30. The second-order valence-corrected chi connectivity index (χ2v) is 5.30. The van der Waals surface area contributed by atoms with Gasteiger partial charge in [0.2, 0.25) is 0 Å². The summed E-state index contributed by atoms with van der Waals surface area (Å²) in [4.78, 5) is 4.65. The number of nitrogens with two attached hydrogens (primary N) is 1. The molecule has 4 N–H and O–H groups in total. The largest absolute Gasteiger partial charge is 0.395 e. The van der Waals surface area contributed by atoms with Crippen LogP contribution in [0.3, 0.4) is 0 Å². The van der Waals surface area contributed by atoms with Crippen molar-refractivity contribution < 1.29 is 5.11 Å². The Morgan fingerprint density at radius 3 is 2.71 bits per heavy atom. The number of nitrogen functional groups attached to an aromatic ring is 1. The highest BCUT2D eigenvalue weighted by atomic mass is 16.3. The lowest BCUT2D eigenvalue weighted by Gasteiger charge is -2.36. The number of piperazine rings is 1. The molecule has 3 rings (SSSR count). The smallest absolute Gasteiger partial charge is 0.126 e. The Morgan fingerprint density at radius 2 is 2.05 bits per heavy atom. The summed E-state index contributed by atoms with van der Waals surface area (Å²) in [6.45, 7) is 4.92. The summed E-state index contributed by atoms with van der Waals surface area (Å²) >= 11 is 0. The summed E-state index contributed by atoms with van der Waals surface area (Å²) in [7, 11) is 0. The van der Waals surface area contributed by atoms with Gasteiger partial charge >= 0.3 is 0 Å². The Morgan fingerprint density at radius 1 is 1.24 bits per heavy atom. The van der Waals surface area contributed by atoms with Crippen LogP contribution in [-0.4, -0.2) is 59.5 Å². The van der Waals surface area contributed by atoms with Crippen LogP contribution >= 0.6 is 0 Å². The average Bonchev–Trinajstić information content (AvgIpc) is 2.95. The molecule has 1 aromatic carbocycles. The van der Waals surface area contributed by atoms with E-state index in [1.165, 1.54) is 5.69 Å². The van der Waals surface area contributed by atoms with E-state index in [0.717, 1.165) is 43.9 Å². The molecule has 0 amide bonds. The first-order valence-corrected chi connectivity index (χ1v) is 7.25. The predicted octanol–water partition coefficient (Wildman–Crippen LogP) is 0.773. The Bertz CT molecular complexity index is 589. The summed E-state index contributed by atoms with van der Waals surface area (Å²) in [5.74, 6) is 0.597. The number of anilines is 2. The Hall–Kier alpha value is -2.05. The van der Waals surface area contributed by atoms with E-state index in [0.29, 0.717) is 5.82 Å². The first kappa shape index (κ1) is 13.9. The van der Waals surface area contributed by atoms with Crippen molar-refractivity contribution in [3.05, 3.63) is 30.5 Å². The highest BCUT2D eigenvalue weighted by Gasteiger charge is 2.17. The zero-order valence-corrected chi connectivity index (χ0v) is 12.0. The molecular formula is C15H21N5O. The molecule has 0 atom stereocenters. The number of hydrogen-bond acceptors (Lipinski definition) is 5. The van der Waals surface area contributed by atoms with E-state index in [-0.39, 0.29) is 6.61 Å². The highest BCUT2D eigenvalue weighted by molar-refractivity contribution is 5.75. The number of aromatic nitrogens is 2. The third-order valence-corrected chi connectivity index (χ3v) is 3.98. The first-order chi connectivity index (χ1) is 10.3. The van der Waals surface area contributed by atoms with Crippen molar-refractivity contribution in [3.8, 4) is 11.1 Å². The Kier molecular flexibility index (Phi) is 4.08. The minimum atomic E-state index is 0.231. The number of nitrogens with one attached hydrogen (secondary N) is 1. The van der Waals surface area contributed by atoms with E-state index in [2.05, 4.69) is 38.2 Å². The quantitative estimate of drug-likeness (QED) is 0.774. The number of aromatic amines is 1. The van der Waals surface area contributed by atoms with Gasteiger partial charge in [0.05, 0.1) is 12.8 Å². The highest BCUT2D eigenvalue weighted by Crippen LogP contribution is 2.28. The minimum Gasteiger partial charge on any atom is -0.395 e. The number of hydrogen-bond donors (Lipinski definition) is 3. The standard InChI is InChI=1S/C15H21N5O/c16-15-14(11-17-18-15)12-2-1-3-13(10-12)20-6-4-19(5-7-20)8-9-21/h1-3,10-11,21H,4-9H2,(H3,16,17,18). The maximum atomic E-state index is 8.99. The van der Waals surface area contributed by atoms with Gasteiger partial charge in [-0.05, 0) is 17.7 Å². The van der Waals surface area contributed by atoms with E-state index in [9.17, 15) is 0 Å². The van der Waals surface area contributed by atoms with Crippen molar-refractivity contribution in [2.24, 2.45) is 0 Å². The Balaban J connectivity index is 1.74. The number of nitrogens with zero attached hydrogens (tertiary/aromatic N) is 3.